The Morgan fingerprint density at radius 2 is 2.44 bits per heavy atom. The van der Waals surface area contributed by atoms with Gasteiger partial charge in [0.25, 0.3) is 0 Å². The van der Waals surface area contributed by atoms with Crippen LogP contribution in [-0.4, -0.2) is 42.7 Å². The molecule has 0 bridgehead atoms. The number of rotatable bonds is 5. The molecule has 0 aromatic carbocycles. The van der Waals surface area contributed by atoms with E-state index in [1.165, 1.54) is 0 Å². The number of aliphatic hydroxyl groups excluding tert-OH is 1. The molecule has 16 heavy (non-hydrogen) atoms. The lowest BCUT2D eigenvalue weighted by Gasteiger charge is -2.12. The van der Waals surface area contributed by atoms with Crippen molar-refractivity contribution in [2.24, 2.45) is 0 Å². The SMILES string of the molecule is C=C(C)C(O)OCC(=O)OC1COC(=O)C1. The summed E-state index contributed by atoms with van der Waals surface area (Å²) >= 11 is 0. The van der Waals surface area contributed by atoms with Gasteiger partial charge in [-0.05, 0) is 12.5 Å². The maximum absolute atomic E-state index is 11.2. The number of hydrogen-bond acceptors (Lipinski definition) is 6. The van der Waals surface area contributed by atoms with Gasteiger partial charge in [-0.1, -0.05) is 6.58 Å². The summed E-state index contributed by atoms with van der Waals surface area (Å²) in [7, 11) is 0. The number of hydrogen-bond donors (Lipinski definition) is 1. The number of aliphatic hydroxyl groups is 1. The molecule has 6 nitrogen and oxygen atoms in total. The number of cyclic esters (lactones) is 1. The number of esters is 2. The summed E-state index contributed by atoms with van der Waals surface area (Å²) in [6.45, 7) is 4.71. The van der Waals surface area contributed by atoms with Crippen molar-refractivity contribution in [1.82, 2.24) is 0 Å². The molecule has 2 atom stereocenters. The highest BCUT2D eigenvalue weighted by Gasteiger charge is 2.27. The normalized spacial score (nSPS) is 21.4. The largest absolute Gasteiger partial charge is 0.462 e. The zero-order chi connectivity index (χ0) is 12.1. The predicted molar refractivity (Wildman–Crippen MR) is 52.2 cm³/mol. The molecule has 2 unspecified atom stereocenters. The van der Waals surface area contributed by atoms with E-state index in [0.717, 1.165) is 0 Å². The molecule has 1 aliphatic heterocycles. The van der Waals surface area contributed by atoms with Gasteiger partial charge >= 0.3 is 11.9 Å². The molecule has 1 heterocycles. The highest BCUT2D eigenvalue weighted by molar-refractivity contribution is 5.74. The summed E-state index contributed by atoms with van der Waals surface area (Å²) in [5.41, 5.74) is 0.396. The Balaban J connectivity index is 2.21. The smallest absolute Gasteiger partial charge is 0.332 e. The minimum atomic E-state index is -1.19. The average molecular weight is 230 g/mol. The summed E-state index contributed by atoms with van der Waals surface area (Å²) in [6, 6.07) is 0. The van der Waals surface area contributed by atoms with Crippen molar-refractivity contribution >= 4 is 11.9 Å². The molecule has 0 spiro atoms. The molecule has 1 rings (SSSR count). The molecule has 1 saturated heterocycles. The summed E-state index contributed by atoms with van der Waals surface area (Å²) in [6.07, 6.45) is -1.67. The van der Waals surface area contributed by atoms with Gasteiger partial charge in [0.05, 0.1) is 6.42 Å². The molecule has 0 saturated carbocycles. The first-order chi connectivity index (χ1) is 7.49. The zero-order valence-electron chi connectivity index (χ0n) is 8.97. The standard InChI is InChI=1S/C10H14O6/c1-6(2)10(13)15-5-9(12)16-7-3-8(11)14-4-7/h7,10,13H,1,3-5H2,2H3. The van der Waals surface area contributed by atoms with Gasteiger partial charge in [-0.2, -0.15) is 0 Å². The van der Waals surface area contributed by atoms with Gasteiger partial charge < -0.3 is 19.3 Å². The van der Waals surface area contributed by atoms with E-state index in [4.69, 9.17) is 14.6 Å². The second-order valence-electron chi connectivity index (χ2n) is 3.51. The van der Waals surface area contributed by atoms with Gasteiger partial charge in [0.15, 0.2) is 6.29 Å². The fourth-order valence-corrected chi connectivity index (χ4v) is 1.07. The van der Waals surface area contributed by atoms with Crippen LogP contribution in [-0.2, 0) is 23.8 Å². The topological polar surface area (TPSA) is 82.1 Å². The van der Waals surface area contributed by atoms with E-state index in [2.05, 4.69) is 11.3 Å². The average Bonchev–Trinajstić information content (AvgIpc) is 2.60. The molecular formula is C10H14O6. The van der Waals surface area contributed by atoms with Gasteiger partial charge in [-0.25, -0.2) is 4.79 Å². The van der Waals surface area contributed by atoms with E-state index in [1.807, 2.05) is 0 Å². The summed E-state index contributed by atoms with van der Waals surface area (Å²) in [5, 5.41) is 9.17. The Morgan fingerprint density at radius 1 is 1.75 bits per heavy atom. The third-order valence-corrected chi connectivity index (χ3v) is 1.90. The van der Waals surface area contributed by atoms with Crippen molar-refractivity contribution in [1.29, 1.82) is 0 Å². The van der Waals surface area contributed by atoms with E-state index in [9.17, 15) is 9.59 Å². The van der Waals surface area contributed by atoms with Crippen molar-refractivity contribution in [3.05, 3.63) is 12.2 Å². The van der Waals surface area contributed by atoms with Gasteiger partial charge in [0.2, 0.25) is 0 Å². The minimum Gasteiger partial charge on any atom is -0.462 e. The molecular weight excluding hydrogens is 216 g/mol. The Morgan fingerprint density at radius 3 is 2.94 bits per heavy atom. The number of carbonyl (C=O) groups is 2. The second kappa shape index (κ2) is 5.62. The van der Waals surface area contributed by atoms with Crippen LogP contribution >= 0.6 is 0 Å². The van der Waals surface area contributed by atoms with Crippen molar-refractivity contribution in [3.8, 4) is 0 Å². The molecule has 6 heteroatoms. The Bertz CT molecular complexity index is 298. The lowest BCUT2D eigenvalue weighted by molar-refractivity contribution is -0.163. The minimum absolute atomic E-state index is 0.0643. The summed E-state index contributed by atoms with van der Waals surface area (Å²) in [4.78, 5) is 21.9. The van der Waals surface area contributed by atoms with Crippen molar-refractivity contribution < 1.29 is 28.9 Å². The van der Waals surface area contributed by atoms with Crippen LogP contribution in [0.3, 0.4) is 0 Å². The van der Waals surface area contributed by atoms with E-state index in [1.54, 1.807) is 6.92 Å². The predicted octanol–water partition coefficient (Wildman–Crippen LogP) is -0.244. The first-order valence-electron chi connectivity index (χ1n) is 4.79. The van der Waals surface area contributed by atoms with Crippen LogP contribution in [0.2, 0.25) is 0 Å². The second-order valence-corrected chi connectivity index (χ2v) is 3.51. The molecule has 90 valence electrons. The number of ether oxygens (including phenoxy) is 3. The van der Waals surface area contributed by atoms with Gasteiger partial charge in [-0.3, -0.25) is 4.79 Å². The van der Waals surface area contributed by atoms with Crippen molar-refractivity contribution in [2.75, 3.05) is 13.2 Å². The van der Waals surface area contributed by atoms with Crippen LogP contribution in [0, 0.1) is 0 Å². The summed E-state index contributed by atoms with van der Waals surface area (Å²) < 4.78 is 14.2. The molecule has 0 aromatic rings. The maximum atomic E-state index is 11.2. The molecule has 0 radical (unpaired) electrons. The molecule has 1 N–H and O–H groups in total. The van der Waals surface area contributed by atoms with Crippen LogP contribution in [0.5, 0.6) is 0 Å². The zero-order valence-corrected chi connectivity index (χ0v) is 8.97. The van der Waals surface area contributed by atoms with Gasteiger partial charge in [-0.15, -0.1) is 0 Å². The lowest BCUT2D eigenvalue weighted by atomic mass is 10.3. The van der Waals surface area contributed by atoms with Crippen LogP contribution in [0.15, 0.2) is 12.2 Å². The van der Waals surface area contributed by atoms with Gasteiger partial charge in [0.1, 0.15) is 19.3 Å². The van der Waals surface area contributed by atoms with E-state index >= 15 is 0 Å². The first kappa shape index (κ1) is 12.7. The van der Waals surface area contributed by atoms with E-state index in [-0.39, 0.29) is 19.0 Å². The van der Waals surface area contributed by atoms with E-state index in [0.29, 0.717) is 5.57 Å². The lowest BCUT2D eigenvalue weighted by Crippen LogP contribution is -2.25. The van der Waals surface area contributed by atoms with Crippen LogP contribution < -0.4 is 0 Å². The first-order valence-corrected chi connectivity index (χ1v) is 4.79. The highest BCUT2D eigenvalue weighted by Crippen LogP contribution is 2.10. The quantitative estimate of drug-likeness (QED) is 0.398. The fraction of sp³-hybridized carbons (Fsp3) is 0.600. The number of carbonyl (C=O) groups excluding carboxylic acids is 2. The van der Waals surface area contributed by atoms with Crippen LogP contribution in [0.25, 0.3) is 0 Å². The Labute approximate surface area is 92.8 Å². The third-order valence-electron chi connectivity index (χ3n) is 1.90. The molecule has 1 aliphatic rings. The van der Waals surface area contributed by atoms with E-state index < -0.39 is 25.0 Å². The van der Waals surface area contributed by atoms with Crippen molar-refractivity contribution in [3.63, 3.8) is 0 Å². The molecule has 0 amide bonds. The Hall–Kier alpha value is -1.40. The summed E-state index contributed by atoms with van der Waals surface area (Å²) in [5.74, 6) is -1.04. The van der Waals surface area contributed by atoms with Gasteiger partial charge in [0, 0.05) is 0 Å². The molecule has 1 fully saturated rings. The monoisotopic (exact) mass is 230 g/mol. The molecule has 0 aromatic heterocycles. The Kier molecular flexibility index (Phi) is 4.45. The van der Waals surface area contributed by atoms with Crippen LogP contribution in [0.4, 0.5) is 0 Å². The van der Waals surface area contributed by atoms with Crippen molar-refractivity contribution in [2.45, 2.75) is 25.7 Å². The fourth-order valence-electron chi connectivity index (χ4n) is 1.07. The molecule has 0 aliphatic carbocycles. The third kappa shape index (κ3) is 4.00. The maximum Gasteiger partial charge on any atom is 0.332 e. The van der Waals surface area contributed by atoms with Crippen LogP contribution in [0.1, 0.15) is 13.3 Å². The highest BCUT2D eigenvalue weighted by atomic mass is 16.6.